The zero-order valence-electron chi connectivity index (χ0n) is 16.4. The van der Waals surface area contributed by atoms with Crippen molar-refractivity contribution in [1.29, 1.82) is 0 Å². The fourth-order valence-electron chi connectivity index (χ4n) is 3.15. The number of aromatic nitrogens is 4. The number of hydrogen-bond acceptors (Lipinski definition) is 4. The van der Waals surface area contributed by atoms with Gasteiger partial charge in [-0.25, -0.2) is 4.68 Å². The summed E-state index contributed by atoms with van der Waals surface area (Å²) in [7, 11) is 0. The Morgan fingerprint density at radius 3 is 2.45 bits per heavy atom. The number of halogens is 2. The second-order valence-electron chi connectivity index (χ2n) is 6.95. The number of nitrogens with zero attached hydrogens (tertiary/aromatic N) is 4. The van der Waals surface area contributed by atoms with E-state index in [9.17, 15) is 0 Å². The van der Waals surface area contributed by atoms with Gasteiger partial charge in [0.1, 0.15) is 0 Å². The first-order chi connectivity index (χ1) is 14.0. The average molecular weight is 427 g/mol. The largest absolute Gasteiger partial charge is 0.419 e. The van der Waals surface area contributed by atoms with E-state index >= 15 is 0 Å². The Morgan fingerprint density at radius 1 is 1.03 bits per heavy atom. The van der Waals surface area contributed by atoms with Crippen LogP contribution in [-0.4, -0.2) is 20.0 Å². The Morgan fingerprint density at radius 2 is 1.76 bits per heavy atom. The molecular weight excluding hydrogens is 407 g/mol. The van der Waals surface area contributed by atoms with Crippen LogP contribution in [0.2, 0.25) is 10.0 Å². The van der Waals surface area contributed by atoms with Crippen LogP contribution < -0.4 is 0 Å². The van der Waals surface area contributed by atoms with E-state index in [0.29, 0.717) is 27.5 Å². The van der Waals surface area contributed by atoms with E-state index in [-0.39, 0.29) is 5.92 Å². The standard InChI is InChI=1S/C22H20Cl2N4O/c1-4-13(2)21-25-26-22(29-21)19-14(3)20(15-9-11-16(23)12-10-15)28(27-19)18-8-6-5-7-17(18)24/h5-13H,4H2,1-3H3. The molecule has 0 aliphatic heterocycles. The third kappa shape index (κ3) is 3.68. The van der Waals surface area contributed by atoms with Crippen molar-refractivity contribution in [2.75, 3.05) is 0 Å². The molecule has 7 heteroatoms. The summed E-state index contributed by atoms with van der Waals surface area (Å²) < 4.78 is 7.76. The second-order valence-corrected chi connectivity index (χ2v) is 7.79. The summed E-state index contributed by atoms with van der Waals surface area (Å²) in [5.41, 5.74) is 4.19. The molecule has 1 atom stereocenters. The van der Waals surface area contributed by atoms with Gasteiger partial charge in [-0.1, -0.05) is 61.3 Å². The van der Waals surface area contributed by atoms with Crippen LogP contribution in [0.5, 0.6) is 0 Å². The fraction of sp³-hybridized carbons (Fsp3) is 0.227. The van der Waals surface area contributed by atoms with E-state index in [4.69, 9.17) is 32.7 Å². The summed E-state index contributed by atoms with van der Waals surface area (Å²) in [6, 6.07) is 15.2. The maximum Gasteiger partial charge on any atom is 0.268 e. The molecule has 0 aliphatic rings. The van der Waals surface area contributed by atoms with Crippen LogP contribution in [0, 0.1) is 6.92 Å². The molecule has 29 heavy (non-hydrogen) atoms. The first kappa shape index (κ1) is 19.7. The van der Waals surface area contributed by atoms with Crippen molar-refractivity contribution in [2.45, 2.75) is 33.1 Å². The van der Waals surface area contributed by atoms with Crippen molar-refractivity contribution < 1.29 is 4.42 Å². The normalized spacial score (nSPS) is 12.3. The second kappa shape index (κ2) is 8.01. The van der Waals surface area contributed by atoms with Crippen molar-refractivity contribution in [3.63, 3.8) is 0 Å². The summed E-state index contributed by atoms with van der Waals surface area (Å²) in [6.45, 7) is 6.14. The molecule has 4 aromatic rings. The molecule has 1 unspecified atom stereocenters. The smallest absolute Gasteiger partial charge is 0.268 e. The lowest BCUT2D eigenvalue weighted by molar-refractivity contribution is 0.460. The summed E-state index contributed by atoms with van der Waals surface area (Å²) in [5.74, 6) is 1.21. The van der Waals surface area contributed by atoms with Gasteiger partial charge in [0.25, 0.3) is 5.89 Å². The molecule has 2 aromatic heterocycles. The van der Waals surface area contributed by atoms with Crippen molar-refractivity contribution in [2.24, 2.45) is 0 Å². The molecule has 0 saturated carbocycles. The Kier molecular flexibility index (Phi) is 5.43. The Hall–Kier alpha value is -2.63. The lowest BCUT2D eigenvalue weighted by atomic mass is 10.1. The third-order valence-corrected chi connectivity index (χ3v) is 5.57. The Labute approximate surface area is 179 Å². The molecule has 0 amide bonds. The van der Waals surface area contributed by atoms with Gasteiger partial charge < -0.3 is 4.42 Å². The van der Waals surface area contributed by atoms with Crippen LogP contribution in [-0.2, 0) is 0 Å². The highest BCUT2D eigenvalue weighted by atomic mass is 35.5. The fourth-order valence-corrected chi connectivity index (χ4v) is 3.49. The topological polar surface area (TPSA) is 56.7 Å². The van der Waals surface area contributed by atoms with Crippen molar-refractivity contribution in [1.82, 2.24) is 20.0 Å². The van der Waals surface area contributed by atoms with E-state index in [1.54, 1.807) is 0 Å². The van der Waals surface area contributed by atoms with Gasteiger partial charge in [-0.2, -0.15) is 5.10 Å². The lowest BCUT2D eigenvalue weighted by Gasteiger charge is -2.10. The molecule has 0 fully saturated rings. The zero-order chi connectivity index (χ0) is 20.5. The minimum Gasteiger partial charge on any atom is -0.419 e. The molecule has 2 heterocycles. The quantitative estimate of drug-likeness (QED) is 0.355. The highest BCUT2D eigenvalue weighted by Crippen LogP contribution is 2.35. The van der Waals surface area contributed by atoms with Crippen molar-refractivity contribution >= 4 is 23.2 Å². The Bertz CT molecular complexity index is 1150. The van der Waals surface area contributed by atoms with E-state index < -0.39 is 0 Å². The summed E-state index contributed by atoms with van der Waals surface area (Å²) >= 11 is 12.6. The monoisotopic (exact) mass is 426 g/mol. The number of hydrogen-bond donors (Lipinski definition) is 0. The minimum atomic E-state index is 0.193. The van der Waals surface area contributed by atoms with Crippen LogP contribution in [0.15, 0.2) is 52.9 Å². The predicted octanol–water partition coefficient (Wildman–Crippen LogP) is 6.72. The molecule has 0 spiro atoms. The molecule has 0 saturated heterocycles. The summed E-state index contributed by atoms with van der Waals surface area (Å²) in [5, 5.41) is 14.5. The first-order valence-electron chi connectivity index (χ1n) is 9.43. The van der Waals surface area contributed by atoms with Gasteiger partial charge in [-0.3, -0.25) is 0 Å². The van der Waals surface area contributed by atoms with Crippen molar-refractivity contribution in [3.8, 4) is 28.5 Å². The van der Waals surface area contributed by atoms with Gasteiger partial charge in [-0.15, -0.1) is 10.2 Å². The van der Waals surface area contributed by atoms with Gasteiger partial charge >= 0.3 is 0 Å². The van der Waals surface area contributed by atoms with E-state index in [1.165, 1.54) is 0 Å². The molecular formula is C22H20Cl2N4O. The average Bonchev–Trinajstić information content (AvgIpc) is 3.33. The summed E-state index contributed by atoms with van der Waals surface area (Å²) in [6.07, 6.45) is 0.921. The van der Waals surface area contributed by atoms with Crippen LogP contribution in [0.4, 0.5) is 0 Å². The van der Waals surface area contributed by atoms with E-state index in [0.717, 1.165) is 28.9 Å². The molecule has 2 aromatic carbocycles. The first-order valence-corrected chi connectivity index (χ1v) is 10.2. The van der Waals surface area contributed by atoms with Gasteiger partial charge in [0.2, 0.25) is 5.89 Å². The van der Waals surface area contributed by atoms with E-state index in [2.05, 4.69) is 24.0 Å². The number of benzene rings is 2. The van der Waals surface area contributed by atoms with Gasteiger partial charge in [0.15, 0.2) is 5.69 Å². The SMILES string of the molecule is CCC(C)c1nnc(-c2nn(-c3ccccc3Cl)c(-c3ccc(Cl)cc3)c2C)o1. The van der Waals surface area contributed by atoms with Gasteiger partial charge in [0.05, 0.1) is 16.4 Å². The molecule has 5 nitrogen and oxygen atoms in total. The van der Waals surface area contributed by atoms with Crippen LogP contribution in [0.3, 0.4) is 0 Å². The predicted molar refractivity (Wildman–Crippen MR) is 116 cm³/mol. The van der Waals surface area contributed by atoms with Crippen molar-refractivity contribution in [3.05, 3.63) is 70.0 Å². The Balaban J connectivity index is 1.93. The minimum absolute atomic E-state index is 0.193. The molecule has 0 bridgehead atoms. The maximum atomic E-state index is 6.48. The molecule has 0 aliphatic carbocycles. The van der Waals surface area contributed by atoms with Gasteiger partial charge in [-0.05, 0) is 37.6 Å². The zero-order valence-corrected chi connectivity index (χ0v) is 17.9. The van der Waals surface area contributed by atoms with Crippen LogP contribution in [0.25, 0.3) is 28.5 Å². The summed E-state index contributed by atoms with van der Waals surface area (Å²) in [4.78, 5) is 0. The highest BCUT2D eigenvalue weighted by Gasteiger charge is 2.24. The number of para-hydroxylation sites is 1. The number of rotatable bonds is 5. The van der Waals surface area contributed by atoms with Gasteiger partial charge in [0, 0.05) is 22.1 Å². The lowest BCUT2D eigenvalue weighted by Crippen LogP contribution is -2.00. The molecule has 148 valence electrons. The highest BCUT2D eigenvalue weighted by molar-refractivity contribution is 6.32. The molecule has 0 radical (unpaired) electrons. The van der Waals surface area contributed by atoms with Crippen LogP contribution in [0.1, 0.15) is 37.6 Å². The molecule has 0 N–H and O–H groups in total. The maximum absolute atomic E-state index is 6.48. The van der Waals surface area contributed by atoms with Crippen LogP contribution >= 0.6 is 23.2 Å². The molecule has 4 rings (SSSR count). The third-order valence-electron chi connectivity index (χ3n) is 5.00. The van der Waals surface area contributed by atoms with E-state index in [1.807, 2.05) is 60.1 Å².